The zero-order valence-corrected chi connectivity index (χ0v) is 12.5. The van der Waals surface area contributed by atoms with E-state index in [0.717, 1.165) is 25.4 Å². The third-order valence-corrected chi connectivity index (χ3v) is 5.07. The predicted molar refractivity (Wildman–Crippen MR) is 77.3 cm³/mol. The molecule has 0 aromatic rings. The zero-order chi connectivity index (χ0) is 13.9. The number of carboxylic acid groups (broad SMARTS) is 1. The number of aliphatic carboxylic acids is 1. The molecule has 1 unspecified atom stereocenters. The Morgan fingerprint density at radius 3 is 2.32 bits per heavy atom. The second-order valence-electron chi connectivity index (χ2n) is 7.11. The highest BCUT2D eigenvalue weighted by atomic mass is 16.4. The quantitative estimate of drug-likeness (QED) is 0.793. The van der Waals surface area contributed by atoms with Gasteiger partial charge in [0.15, 0.2) is 0 Å². The van der Waals surface area contributed by atoms with Gasteiger partial charge in [-0.1, -0.05) is 25.7 Å². The van der Waals surface area contributed by atoms with E-state index >= 15 is 0 Å². The Hall–Kier alpha value is -0.570. The molecule has 1 heterocycles. The molecule has 2 fully saturated rings. The molecule has 3 nitrogen and oxygen atoms in total. The molecule has 1 atom stereocenters. The molecule has 1 aliphatic heterocycles. The molecule has 0 radical (unpaired) electrons. The number of carboxylic acids is 1. The number of rotatable bonds is 3. The van der Waals surface area contributed by atoms with Crippen molar-refractivity contribution in [1.82, 2.24) is 4.90 Å². The van der Waals surface area contributed by atoms with E-state index in [1.165, 1.54) is 38.5 Å². The lowest BCUT2D eigenvalue weighted by molar-refractivity contribution is -0.139. The van der Waals surface area contributed by atoms with Crippen molar-refractivity contribution in [2.75, 3.05) is 6.54 Å². The number of piperidine rings is 1. The van der Waals surface area contributed by atoms with Gasteiger partial charge in [0, 0.05) is 18.0 Å². The molecule has 3 heteroatoms. The lowest BCUT2D eigenvalue weighted by atomic mass is 9.79. The monoisotopic (exact) mass is 267 g/mol. The molecule has 1 saturated carbocycles. The van der Waals surface area contributed by atoms with E-state index in [-0.39, 0.29) is 5.54 Å². The van der Waals surface area contributed by atoms with Gasteiger partial charge in [-0.25, -0.2) is 0 Å². The van der Waals surface area contributed by atoms with Gasteiger partial charge in [-0.15, -0.1) is 0 Å². The fourth-order valence-corrected chi connectivity index (χ4v) is 4.22. The minimum Gasteiger partial charge on any atom is -0.481 e. The van der Waals surface area contributed by atoms with Gasteiger partial charge in [-0.2, -0.15) is 0 Å². The summed E-state index contributed by atoms with van der Waals surface area (Å²) in [6, 6.07) is 0.739. The van der Waals surface area contributed by atoms with Crippen molar-refractivity contribution in [2.24, 2.45) is 5.92 Å². The molecule has 1 aliphatic carbocycles. The van der Waals surface area contributed by atoms with Crippen LogP contribution in [0.2, 0.25) is 0 Å². The summed E-state index contributed by atoms with van der Waals surface area (Å²) in [5.41, 5.74) is 0.174. The molecule has 0 aromatic heterocycles. The number of hydrogen-bond donors (Lipinski definition) is 1. The third kappa shape index (κ3) is 3.95. The van der Waals surface area contributed by atoms with Crippen LogP contribution in [-0.2, 0) is 4.79 Å². The van der Waals surface area contributed by atoms with Gasteiger partial charge < -0.3 is 5.11 Å². The van der Waals surface area contributed by atoms with Crippen LogP contribution in [0.1, 0.15) is 71.6 Å². The molecular formula is C16H29NO2. The Morgan fingerprint density at radius 1 is 1.16 bits per heavy atom. The highest BCUT2D eigenvalue weighted by Gasteiger charge is 2.38. The van der Waals surface area contributed by atoms with Crippen LogP contribution in [0, 0.1) is 5.92 Å². The smallest absolute Gasteiger partial charge is 0.303 e. The average molecular weight is 267 g/mol. The lowest BCUT2D eigenvalue weighted by Gasteiger charge is -2.49. The maximum absolute atomic E-state index is 10.9. The van der Waals surface area contributed by atoms with Gasteiger partial charge in [-0.05, 0) is 52.0 Å². The second kappa shape index (κ2) is 6.25. The van der Waals surface area contributed by atoms with Crippen molar-refractivity contribution in [3.05, 3.63) is 0 Å². The van der Waals surface area contributed by atoms with Gasteiger partial charge in [0.25, 0.3) is 0 Å². The first-order valence-electron chi connectivity index (χ1n) is 7.97. The molecule has 0 aromatic carbocycles. The summed E-state index contributed by atoms with van der Waals surface area (Å²) in [5, 5.41) is 8.97. The Balaban J connectivity index is 1.97. The van der Waals surface area contributed by atoms with E-state index in [4.69, 9.17) is 5.11 Å². The molecule has 1 N–H and O–H groups in total. The van der Waals surface area contributed by atoms with Crippen molar-refractivity contribution in [1.29, 1.82) is 0 Å². The Bertz CT molecular complexity index is 306. The number of likely N-dealkylation sites (tertiary alicyclic amines) is 1. The lowest BCUT2D eigenvalue weighted by Crippen LogP contribution is -2.54. The van der Waals surface area contributed by atoms with E-state index in [1.807, 2.05) is 0 Å². The van der Waals surface area contributed by atoms with Gasteiger partial charge in [0.1, 0.15) is 0 Å². The first-order valence-corrected chi connectivity index (χ1v) is 7.97. The highest BCUT2D eigenvalue weighted by molar-refractivity contribution is 5.67. The van der Waals surface area contributed by atoms with E-state index in [2.05, 4.69) is 18.7 Å². The molecule has 2 aliphatic rings. The van der Waals surface area contributed by atoms with Crippen LogP contribution >= 0.6 is 0 Å². The molecule has 2 rings (SSSR count). The largest absolute Gasteiger partial charge is 0.481 e. The summed E-state index contributed by atoms with van der Waals surface area (Å²) in [7, 11) is 0. The van der Waals surface area contributed by atoms with E-state index in [0.29, 0.717) is 12.3 Å². The minimum atomic E-state index is -0.635. The zero-order valence-electron chi connectivity index (χ0n) is 12.5. The Labute approximate surface area is 117 Å². The normalized spacial score (nSPS) is 29.9. The number of carbonyl (C=O) groups is 1. The highest BCUT2D eigenvalue weighted by Crippen LogP contribution is 2.37. The summed E-state index contributed by atoms with van der Waals surface area (Å²) in [4.78, 5) is 13.6. The molecular weight excluding hydrogens is 238 g/mol. The summed E-state index contributed by atoms with van der Waals surface area (Å²) in [6.07, 6.45) is 10.7. The topological polar surface area (TPSA) is 40.5 Å². The maximum atomic E-state index is 10.9. The minimum absolute atomic E-state index is 0.174. The van der Waals surface area contributed by atoms with Gasteiger partial charge in [0.05, 0.1) is 0 Å². The fraction of sp³-hybridized carbons (Fsp3) is 0.938. The van der Waals surface area contributed by atoms with Gasteiger partial charge >= 0.3 is 5.97 Å². The summed E-state index contributed by atoms with van der Waals surface area (Å²) in [6.45, 7) is 5.72. The van der Waals surface area contributed by atoms with Crippen LogP contribution in [0.3, 0.4) is 0 Å². The average Bonchev–Trinajstić information content (AvgIpc) is 2.55. The van der Waals surface area contributed by atoms with Crippen molar-refractivity contribution in [3.8, 4) is 0 Å². The van der Waals surface area contributed by atoms with Crippen molar-refractivity contribution in [3.63, 3.8) is 0 Å². The second-order valence-corrected chi connectivity index (χ2v) is 7.11. The van der Waals surface area contributed by atoms with Crippen LogP contribution in [0.5, 0.6) is 0 Å². The van der Waals surface area contributed by atoms with Crippen LogP contribution in [0.15, 0.2) is 0 Å². The molecule has 1 saturated heterocycles. The molecule has 0 spiro atoms. The van der Waals surface area contributed by atoms with Crippen molar-refractivity contribution in [2.45, 2.75) is 83.2 Å². The third-order valence-electron chi connectivity index (χ3n) is 5.07. The fourth-order valence-electron chi connectivity index (χ4n) is 4.22. The van der Waals surface area contributed by atoms with Crippen molar-refractivity contribution >= 4 is 5.97 Å². The van der Waals surface area contributed by atoms with Crippen LogP contribution in [-0.4, -0.2) is 34.1 Å². The van der Waals surface area contributed by atoms with Crippen molar-refractivity contribution < 1.29 is 9.90 Å². The predicted octanol–water partition coefficient (Wildman–Crippen LogP) is 3.67. The van der Waals surface area contributed by atoms with Crippen LogP contribution < -0.4 is 0 Å². The van der Waals surface area contributed by atoms with Crippen LogP contribution in [0.4, 0.5) is 0 Å². The maximum Gasteiger partial charge on any atom is 0.303 e. The Kier molecular flexibility index (Phi) is 4.88. The van der Waals surface area contributed by atoms with Gasteiger partial charge in [-0.3, -0.25) is 9.69 Å². The summed E-state index contributed by atoms with van der Waals surface area (Å²) < 4.78 is 0. The summed E-state index contributed by atoms with van der Waals surface area (Å²) >= 11 is 0. The summed E-state index contributed by atoms with van der Waals surface area (Å²) in [5.74, 6) is -0.266. The molecule has 0 amide bonds. The Morgan fingerprint density at radius 2 is 1.79 bits per heavy atom. The molecule has 110 valence electrons. The first-order chi connectivity index (χ1) is 8.99. The van der Waals surface area contributed by atoms with Gasteiger partial charge in [0.2, 0.25) is 0 Å². The first kappa shape index (κ1) is 14.8. The number of nitrogens with zero attached hydrogens (tertiary/aromatic N) is 1. The number of hydrogen-bond acceptors (Lipinski definition) is 2. The molecule has 0 bridgehead atoms. The van der Waals surface area contributed by atoms with Crippen LogP contribution in [0.25, 0.3) is 0 Å². The molecule has 19 heavy (non-hydrogen) atoms. The van der Waals surface area contributed by atoms with E-state index in [1.54, 1.807) is 0 Å². The van der Waals surface area contributed by atoms with E-state index in [9.17, 15) is 4.79 Å². The standard InChI is InChI=1S/C16H29NO2/c1-16(2)12-13(11-15(18)19)9-10-17(16)14-7-5-3-4-6-8-14/h13-14H,3-12H2,1-2H3,(H,18,19). The van der Waals surface area contributed by atoms with E-state index < -0.39 is 5.97 Å². The SMILES string of the molecule is CC1(C)CC(CC(=O)O)CCN1C1CCCCCC1.